The summed E-state index contributed by atoms with van der Waals surface area (Å²) in [5.41, 5.74) is 0.968. The first-order chi connectivity index (χ1) is 6.90. The summed E-state index contributed by atoms with van der Waals surface area (Å²) in [6, 6.07) is 5.74. The van der Waals surface area contributed by atoms with E-state index in [1.165, 1.54) is 0 Å². The van der Waals surface area contributed by atoms with Gasteiger partial charge in [0.2, 0.25) is 6.79 Å². The van der Waals surface area contributed by atoms with Crippen LogP contribution in [-0.4, -0.2) is 12.5 Å². The summed E-state index contributed by atoms with van der Waals surface area (Å²) in [5, 5.41) is 3.01. The third kappa shape index (κ3) is 1.97. The lowest BCUT2D eigenvalue weighted by Crippen LogP contribution is -1.92. The molecule has 0 unspecified atom stereocenters. The Kier molecular flexibility index (Phi) is 2.85. The summed E-state index contributed by atoms with van der Waals surface area (Å²) in [7, 11) is 0. The molecule has 0 bridgehead atoms. The van der Waals surface area contributed by atoms with Gasteiger partial charge in [-0.05, 0) is 23.5 Å². The zero-order valence-corrected chi connectivity index (χ0v) is 8.69. The second kappa shape index (κ2) is 4.30. The summed E-state index contributed by atoms with van der Waals surface area (Å²) in [4.78, 5) is 0. The van der Waals surface area contributed by atoms with Crippen molar-refractivity contribution < 1.29 is 9.47 Å². The Morgan fingerprint density at radius 3 is 3.07 bits per heavy atom. The molecule has 1 heterocycles. The Morgan fingerprint density at radius 1 is 1.36 bits per heavy atom. The molecule has 72 valence electrons. The molecule has 0 saturated carbocycles. The zero-order valence-electron chi connectivity index (χ0n) is 7.87. The van der Waals surface area contributed by atoms with Crippen LogP contribution in [0.2, 0.25) is 0 Å². The predicted octanol–water partition coefficient (Wildman–Crippen LogP) is 2.48. The maximum Gasteiger partial charge on any atom is 0.231 e. The summed E-state index contributed by atoms with van der Waals surface area (Å²) >= 11 is 1.60. The van der Waals surface area contributed by atoms with Crippen molar-refractivity contribution in [2.24, 2.45) is 0 Å². The number of benzene rings is 1. The first-order valence-corrected chi connectivity index (χ1v) is 5.41. The van der Waals surface area contributed by atoms with Gasteiger partial charge in [-0.3, -0.25) is 0 Å². The Balaban J connectivity index is 2.18. The van der Waals surface area contributed by atoms with Gasteiger partial charge in [-0.2, -0.15) is 0 Å². The molecule has 0 atom stereocenters. The van der Waals surface area contributed by atoms with Crippen LogP contribution in [-0.2, 0) is 0 Å². The smallest absolute Gasteiger partial charge is 0.231 e. The van der Waals surface area contributed by atoms with Crippen LogP contribution in [0.1, 0.15) is 12.5 Å². The maximum absolute atomic E-state index is 5.25. The molecule has 0 spiro atoms. The van der Waals surface area contributed by atoms with Crippen molar-refractivity contribution in [3.8, 4) is 22.7 Å². The third-order valence-corrected chi connectivity index (χ3v) is 2.32. The second-order valence-corrected chi connectivity index (χ2v) is 3.80. The Hall–Kier alpha value is -1.27. The lowest BCUT2D eigenvalue weighted by atomic mass is 10.2. The monoisotopic (exact) mass is 206 g/mol. The van der Waals surface area contributed by atoms with Gasteiger partial charge in [0, 0.05) is 11.3 Å². The van der Waals surface area contributed by atoms with Gasteiger partial charge in [0.1, 0.15) is 0 Å². The number of hydrogen-bond donors (Lipinski definition) is 0. The minimum absolute atomic E-state index is 0.315. The number of rotatable bonds is 1. The lowest BCUT2D eigenvalue weighted by molar-refractivity contribution is 0.174. The maximum atomic E-state index is 5.25. The number of fused-ring (bicyclic) bond motifs is 1. The van der Waals surface area contributed by atoms with Crippen molar-refractivity contribution in [3.63, 3.8) is 0 Å². The van der Waals surface area contributed by atoms with Crippen molar-refractivity contribution >= 4 is 11.8 Å². The molecule has 0 aliphatic carbocycles. The van der Waals surface area contributed by atoms with Gasteiger partial charge in [-0.15, -0.1) is 0 Å². The fraction of sp³-hybridized carbons (Fsp3) is 0.273. The number of ether oxygens (including phenoxy) is 2. The molecule has 1 aliphatic heterocycles. The van der Waals surface area contributed by atoms with Gasteiger partial charge < -0.3 is 9.47 Å². The summed E-state index contributed by atoms with van der Waals surface area (Å²) in [6.45, 7) is 2.40. The third-order valence-electron chi connectivity index (χ3n) is 1.78. The highest BCUT2D eigenvalue weighted by molar-refractivity contribution is 8.03. The quantitative estimate of drug-likeness (QED) is 0.658. The van der Waals surface area contributed by atoms with E-state index < -0.39 is 0 Å². The van der Waals surface area contributed by atoms with E-state index >= 15 is 0 Å². The molecule has 2 nitrogen and oxygen atoms in total. The van der Waals surface area contributed by atoms with Gasteiger partial charge in [-0.25, -0.2) is 0 Å². The minimum Gasteiger partial charge on any atom is -0.454 e. The van der Waals surface area contributed by atoms with Gasteiger partial charge in [0.05, 0.1) is 0 Å². The molecule has 1 aliphatic rings. The molecule has 1 aromatic rings. The van der Waals surface area contributed by atoms with Crippen molar-refractivity contribution in [1.29, 1.82) is 0 Å². The van der Waals surface area contributed by atoms with Gasteiger partial charge in [-0.1, -0.05) is 24.6 Å². The highest BCUT2D eigenvalue weighted by Crippen LogP contribution is 2.32. The fourth-order valence-corrected chi connectivity index (χ4v) is 1.48. The highest BCUT2D eigenvalue weighted by atomic mass is 32.2. The Morgan fingerprint density at radius 2 is 2.21 bits per heavy atom. The molecule has 0 saturated heterocycles. The SMILES string of the molecule is CCSC#Cc1ccc2c(c1)OCO2. The first-order valence-electron chi connectivity index (χ1n) is 4.42. The first kappa shape index (κ1) is 9.29. The molecule has 0 amide bonds. The summed E-state index contributed by atoms with van der Waals surface area (Å²) in [5.74, 6) is 5.66. The molecule has 0 fully saturated rings. The van der Waals surface area contributed by atoms with Crippen LogP contribution in [0.5, 0.6) is 11.5 Å². The van der Waals surface area contributed by atoms with Crippen LogP contribution in [0.15, 0.2) is 18.2 Å². The summed E-state index contributed by atoms with van der Waals surface area (Å²) in [6.07, 6.45) is 0. The zero-order chi connectivity index (χ0) is 9.80. The fourth-order valence-electron chi connectivity index (χ4n) is 1.14. The normalized spacial score (nSPS) is 12.1. The van der Waals surface area contributed by atoms with E-state index in [2.05, 4.69) is 18.1 Å². The largest absolute Gasteiger partial charge is 0.454 e. The van der Waals surface area contributed by atoms with Crippen LogP contribution >= 0.6 is 11.8 Å². The molecule has 0 aromatic heterocycles. The van der Waals surface area contributed by atoms with Crippen molar-refractivity contribution in [1.82, 2.24) is 0 Å². The van der Waals surface area contributed by atoms with E-state index in [-0.39, 0.29) is 0 Å². The Labute approximate surface area is 87.6 Å². The van der Waals surface area contributed by atoms with Gasteiger partial charge in [0.25, 0.3) is 0 Å². The van der Waals surface area contributed by atoms with Crippen LogP contribution in [0.4, 0.5) is 0 Å². The number of thioether (sulfide) groups is 1. The average Bonchev–Trinajstić information content (AvgIpc) is 2.65. The van der Waals surface area contributed by atoms with Crippen molar-refractivity contribution in [2.45, 2.75) is 6.92 Å². The number of hydrogen-bond acceptors (Lipinski definition) is 3. The summed E-state index contributed by atoms with van der Waals surface area (Å²) < 4.78 is 10.5. The predicted molar refractivity (Wildman–Crippen MR) is 57.6 cm³/mol. The van der Waals surface area contributed by atoms with E-state index in [9.17, 15) is 0 Å². The van der Waals surface area contributed by atoms with Crippen LogP contribution in [0.25, 0.3) is 0 Å². The lowest BCUT2D eigenvalue weighted by Gasteiger charge is -1.94. The van der Waals surface area contributed by atoms with Gasteiger partial charge >= 0.3 is 0 Å². The van der Waals surface area contributed by atoms with E-state index in [1.807, 2.05) is 18.2 Å². The Bertz CT molecular complexity index is 390. The molecule has 0 radical (unpaired) electrons. The molecule has 0 N–H and O–H groups in total. The van der Waals surface area contributed by atoms with Crippen LogP contribution in [0, 0.1) is 11.2 Å². The van der Waals surface area contributed by atoms with Crippen LogP contribution < -0.4 is 9.47 Å². The highest BCUT2D eigenvalue weighted by Gasteiger charge is 2.12. The molecule has 3 heteroatoms. The van der Waals surface area contributed by atoms with Gasteiger partial charge in [0.15, 0.2) is 11.5 Å². The van der Waals surface area contributed by atoms with Crippen molar-refractivity contribution in [2.75, 3.05) is 12.5 Å². The van der Waals surface area contributed by atoms with E-state index in [4.69, 9.17) is 9.47 Å². The van der Waals surface area contributed by atoms with Crippen molar-refractivity contribution in [3.05, 3.63) is 23.8 Å². The van der Waals surface area contributed by atoms with E-state index in [1.54, 1.807) is 11.8 Å². The molecular formula is C11H10O2S. The standard InChI is InChI=1S/C11H10O2S/c1-2-14-6-5-9-3-4-10-11(7-9)13-8-12-10/h3-4,7H,2,8H2,1H3. The molecule has 1 aromatic carbocycles. The molecular weight excluding hydrogens is 196 g/mol. The molecule has 14 heavy (non-hydrogen) atoms. The van der Waals surface area contributed by atoms with Crippen LogP contribution in [0.3, 0.4) is 0 Å². The molecule has 2 rings (SSSR count). The topological polar surface area (TPSA) is 18.5 Å². The second-order valence-electron chi connectivity index (χ2n) is 2.73. The van der Waals surface area contributed by atoms with E-state index in [0.29, 0.717) is 6.79 Å². The average molecular weight is 206 g/mol. The van der Waals surface area contributed by atoms with E-state index in [0.717, 1.165) is 22.8 Å². The minimum atomic E-state index is 0.315.